The number of amides is 1. The summed E-state index contributed by atoms with van der Waals surface area (Å²) in [6, 6.07) is 17.1. The van der Waals surface area contributed by atoms with Gasteiger partial charge < -0.3 is 4.84 Å². The lowest BCUT2D eigenvalue weighted by Gasteiger charge is -2.08. The van der Waals surface area contributed by atoms with Gasteiger partial charge in [0, 0.05) is 17.1 Å². The van der Waals surface area contributed by atoms with Gasteiger partial charge in [-0.3, -0.25) is 9.78 Å². The fourth-order valence-electron chi connectivity index (χ4n) is 2.58. The van der Waals surface area contributed by atoms with Crippen LogP contribution in [0.15, 0.2) is 60.8 Å². The van der Waals surface area contributed by atoms with Crippen LogP contribution in [0.25, 0.3) is 22.6 Å². The Labute approximate surface area is 127 Å². The molecule has 4 nitrogen and oxygen atoms in total. The van der Waals surface area contributed by atoms with E-state index >= 15 is 0 Å². The van der Waals surface area contributed by atoms with Gasteiger partial charge in [-0.2, -0.15) is 5.48 Å². The van der Waals surface area contributed by atoms with Crippen LogP contribution in [0.1, 0.15) is 11.1 Å². The molecule has 1 aromatic heterocycles. The molecule has 0 saturated carbocycles. The fourth-order valence-corrected chi connectivity index (χ4v) is 2.58. The zero-order valence-electron chi connectivity index (χ0n) is 11.6. The van der Waals surface area contributed by atoms with Gasteiger partial charge in [0.1, 0.15) is 0 Å². The molecule has 1 N–H and O–H groups in total. The lowest BCUT2D eigenvalue weighted by Crippen LogP contribution is -2.26. The Hall–Kier alpha value is -3.14. The van der Waals surface area contributed by atoms with E-state index in [-0.39, 0.29) is 5.91 Å². The van der Waals surface area contributed by atoms with Crippen molar-refractivity contribution in [3.8, 4) is 5.75 Å². The minimum absolute atomic E-state index is 0.264. The van der Waals surface area contributed by atoms with Crippen molar-refractivity contribution in [1.29, 1.82) is 0 Å². The Morgan fingerprint density at radius 1 is 0.955 bits per heavy atom. The molecule has 0 aliphatic carbocycles. The van der Waals surface area contributed by atoms with E-state index in [0.717, 1.165) is 22.0 Å². The molecular weight excluding hydrogens is 276 g/mol. The van der Waals surface area contributed by atoms with E-state index in [4.69, 9.17) is 4.84 Å². The average molecular weight is 288 g/mol. The smallest absolute Gasteiger partial charge is 0.284 e. The largest absolute Gasteiger partial charge is 0.378 e. The second-order valence-corrected chi connectivity index (χ2v) is 5.01. The summed E-state index contributed by atoms with van der Waals surface area (Å²) >= 11 is 0. The van der Waals surface area contributed by atoms with Crippen molar-refractivity contribution in [2.24, 2.45) is 0 Å². The van der Waals surface area contributed by atoms with Crippen molar-refractivity contribution in [2.45, 2.75) is 0 Å². The fraction of sp³-hybridized carbons (Fsp3) is 0. The number of nitrogens with one attached hydrogen (secondary N) is 1. The standard InChI is InChI=1S/C18H12N2O2/c21-18-15(12-5-2-1-3-6-12)11-13-8-9-16-14(7-4-10-19-16)17(13)22-20-18/h1-11H,(H,20,21). The van der Waals surface area contributed by atoms with Crippen LogP contribution in [-0.4, -0.2) is 10.9 Å². The molecule has 1 aliphatic rings. The first-order chi connectivity index (χ1) is 10.8. The molecule has 0 unspecified atom stereocenters. The van der Waals surface area contributed by atoms with Crippen LogP contribution in [-0.2, 0) is 4.79 Å². The van der Waals surface area contributed by atoms with E-state index in [1.54, 1.807) is 6.20 Å². The predicted octanol–water partition coefficient (Wildman–Crippen LogP) is 3.20. The highest BCUT2D eigenvalue weighted by Crippen LogP contribution is 2.33. The Morgan fingerprint density at radius 3 is 2.68 bits per heavy atom. The zero-order chi connectivity index (χ0) is 14.9. The number of hydrogen-bond acceptors (Lipinski definition) is 3. The SMILES string of the molecule is O=C1NOc2c(ccc3ncccc23)C=C1c1ccccc1. The molecule has 4 rings (SSSR count). The van der Waals surface area contributed by atoms with Crippen LogP contribution < -0.4 is 10.3 Å². The topological polar surface area (TPSA) is 51.2 Å². The summed E-state index contributed by atoms with van der Waals surface area (Å²) in [6.07, 6.45) is 3.58. The zero-order valence-corrected chi connectivity index (χ0v) is 11.6. The van der Waals surface area contributed by atoms with Crippen LogP contribution in [0.3, 0.4) is 0 Å². The number of nitrogens with zero attached hydrogens (tertiary/aromatic N) is 1. The summed E-state index contributed by atoms with van der Waals surface area (Å²) in [5.41, 5.74) is 5.60. The Balaban J connectivity index is 1.94. The number of hydrogen-bond donors (Lipinski definition) is 1. The summed E-state index contributed by atoms with van der Waals surface area (Å²) in [6.45, 7) is 0. The number of benzene rings is 2. The molecular formula is C18H12N2O2. The van der Waals surface area contributed by atoms with Crippen molar-refractivity contribution >= 4 is 28.5 Å². The molecule has 2 aromatic carbocycles. The summed E-state index contributed by atoms with van der Waals surface area (Å²) in [4.78, 5) is 22.1. The maximum atomic E-state index is 12.3. The maximum absolute atomic E-state index is 12.3. The molecule has 106 valence electrons. The Bertz CT molecular complexity index is 901. The number of hydroxylamine groups is 1. The Kier molecular flexibility index (Phi) is 2.86. The number of carbonyl (C=O) groups excluding carboxylic acids is 1. The average Bonchev–Trinajstić information content (AvgIpc) is 2.75. The monoisotopic (exact) mass is 288 g/mol. The molecule has 0 atom stereocenters. The highest BCUT2D eigenvalue weighted by molar-refractivity contribution is 6.24. The van der Waals surface area contributed by atoms with Gasteiger partial charge in [0.15, 0.2) is 5.75 Å². The van der Waals surface area contributed by atoms with Gasteiger partial charge in [0.2, 0.25) is 0 Å². The Morgan fingerprint density at radius 2 is 1.82 bits per heavy atom. The molecule has 0 radical (unpaired) electrons. The minimum atomic E-state index is -0.264. The van der Waals surface area contributed by atoms with Crippen LogP contribution in [0.5, 0.6) is 5.75 Å². The summed E-state index contributed by atoms with van der Waals surface area (Å²) < 4.78 is 0. The van der Waals surface area contributed by atoms with Crippen molar-refractivity contribution in [1.82, 2.24) is 10.5 Å². The molecule has 0 spiro atoms. The second kappa shape index (κ2) is 5.00. The maximum Gasteiger partial charge on any atom is 0.284 e. The van der Waals surface area contributed by atoms with Gasteiger partial charge in [0.25, 0.3) is 5.91 Å². The lowest BCUT2D eigenvalue weighted by atomic mass is 10.0. The number of pyridine rings is 1. The molecule has 2 heterocycles. The van der Waals surface area contributed by atoms with Crippen LogP contribution in [0, 0.1) is 0 Å². The third kappa shape index (κ3) is 2.02. The second-order valence-electron chi connectivity index (χ2n) is 5.01. The number of carbonyl (C=O) groups is 1. The van der Waals surface area contributed by atoms with E-state index in [9.17, 15) is 4.79 Å². The van der Waals surface area contributed by atoms with E-state index in [2.05, 4.69) is 10.5 Å². The highest BCUT2D eigenvalue weighted by Gasteiger charge is 2.20. The lowest BCUT2D eigenvalue weighted by molar-refractivity contribution is -0.121. The van der Waals surface area contributed by atoms with Gasteiger partial charge in [-0.15, -0.1) is 0 Å². The molecule has 1 aliphatic heterocycles. The summed E-state index contributed by atoms with van der Waals surface area (Å²) in [7, 11) is 0. The number of rotatable bonds is 1. The van der Waals surface area contributed by atoms with Crippen molar-refractivity contribution < 1.29 is 9.63 Å². The molecule has 4 heteroatoms. The first-order valence-corrected chi connectivity index (χ1v) is 6.95. The van der Waals surface area contributed by atoms with E-state index in [1.165, 1.54) is 0 Å². The van der Waals surface area contributed by atoms with Gasteiger partial charge >= 0.3 is 0 Å². The third-order valence-corrected chi connectivity index (χ3v) is 3.64. The molecule has 1 amide bonds. The summed E-state index contributed by atoms with van der Waals surface area (Å²) in [5, 5.41) is 0.867. The van der Waals surface area contributed by atoms with Gasteiger partial charge in [0.05, 0.1) is 11.1 Å². The summed E-state index contributed by atoms with van der Waals surface area (Å²) in [5.74, 6) is 0.351. The van der Waals surface area contributed by atoms with Crippen LogP contribution in [0.2, 0.25) is 0 Å². The number of aromatic nitrogens is 1. The van der Waals surface area contributed by atoms with Gasteiger partial charge in [-0.25, -0.2) is 0 Å². The van der Waals surface area contributed by atoms with Crippen molar-refractivity contribution in [3.05, 3.63) is 71.9 Å². The molecule has 22 heavy (non-hydrogen) atoms. The van der Waals surface area contributed by atoms with Crippen LogP contribution in [0.4, 0.5) is 0 Å². The normalized spacial score (nSPS) is 13.6. The van der Waals surface area contributed by atoms with Gasteiger partial charge in [-0.05, 0) is 35.9 Å². The van der Waals surface area contributed by atoms with Crippen molar-refractivity contribution in [3.63, 3.8) is 0 Å². The van der Waals surface area contributed by atoms with E-state index in [0.29, 0.717) is 11.3 Å². The van der Waals surface area contributed by atoms with Gasteiger partial charge in [-0.1, -0.05) is 30.3 Å². The van der Waals surface area contributed by atoms with E-state index < -0.39 is 0 Å². The van der Waals surface area contributed by atoms with Crippen molar-refractivity contribution in [2.75, 3.05) is 0 Å². The van der Waals surface area contributed by atoms with E-state index in [1.807, 2.05) is 60.7 Å². The predicted molar refractivity (Wildman–Crippen MR) is 84.8 cm³/mol. The quantitative estimate of drug-likeness (QED) is 0.748. The third-order valence-electron chi connectivity index (χ3n) is 3.64. The molecule has 0 saturated heterocycles. The molecule has 0 fully saturated rings. The number of fused-ring (bicyclic) bond motifs is 3. The first kappa shape index (κ1) is 12.6. The van der Waals surface area contributed by atoms with Crippen LogP contribution >= 0.6 is 0 Å². The minimum Gasteiger partial charge on any atom is -0.378 e. The highest BCUT2D eigenvalue weighted by atomic mass is 16.7. The first-order valence-electron chi connectivity index (χ1n) is 6.95. The molecule has 0 bridgehead atoms. The molecule has 3 aromatic rings.